The Kier molecular flexibility index (Phi) is 1.77. The van der Waals surface area contributed by atoms with Crippen molar-refractivity contribution in [3.63, 3.8) is 0 Å². The average molecular weight is 129 g/mol. The molecular formula is C5H8FN3. The van der Waals surface area contributed by atoms with Gasteiger partial charge in [-0.15, -0.1) is 0 Å². The molecule has 0 N–H and O–H groups in total. The van der Waals surface area contributed by atoms with E-state index in [0.29, 0.717) is 12.4 Å². The van der Waals surface area contributed by atoms with Crippen LogP contribution in [-0.4, -0.2) is 21.4 Å². The Balaban J connectivity index is 2.61. The second kappa shape index (κ2) is 2.57. The van der Waals surface area contributed by atoms with E-state index in [1.807, 2.05) is 0 Å². The smallest absolute Gasteiger partial charge is 0.147 e. The van der Waals surface area contributed by atoms with Crippen molar-refractivity contribution in [1.29, 1.82) is 0 Å². The second-order valence-corrected chi connectivity index (χ2v) is 1.74. The fourth-order valence-corrected chi connectivity index (χ4v) is 0.582. The molecule has 1 heterocycles. The Hall–Kier alpha value is -0.930. The molecule has 1 rings (SSSR count). The van der Waals surface area contributed by atoms with Crippen LogP contribution in [0.2, 0.25) is 0 Å². The van der Waals surface area contributed by atoms with E-state index in [1.54, 1.807) is 6.92 Å². The van der Waals surface area contributed by atoms with Gasteiger partial charge in [-0.3, -0.25) is 4.68 Å². The highest BCUT2D eigenvalue weighted by molar-refractivity contribution is 4.74. The molecule has 0 aliphatic rings. The van der Waals surface area contributed by atoms with Crippen LogP contribution in [0.3, 0.4) is 0 Å². The number of aryl methyl sites for hydroxylation is 2. The zero-order valence-corrected chi connectivity index (χ0v) is 5.21. The normalized spacial score (nSPS) is 10.0. The van der Waals surface area contributed by atoms with Crippen molar-refractivity contribution in [2.24, 2.45) is 0 Å². The van der Waals surface area contributed by atoms with Gasteiger partial charge in [0.1, 0.15) is 18.8 Å². The van der Waals surface area contributed by atoms with Crippen molar-refractivity contribution in [2.45, 2.75) is 13.5 Å². The fraction of sp³-hybridized carbons (Fsp3) is 0.600. The van der Waals surface area contributed by atoms with Crippen LogP contribution in [0, 0.1) is 6.92 Å². The van der Waals surface area contributed by atoms with Crippen LogP contribution >= 0.6 is 0 Å². The number of nitrogens with zero attached hydrogens (tertiary/aromatic N) is 3. The standard InChI is InChI=1S/C5H8FN3/c1-5-7-4-9(8-5)3-2-6/h4H,2-3H2,1H3. The van der Waals surface area contributed by atoms with Crippen molar-refractivity contribution in [1.82, 2.24) is 14.8 Å². The first-order chi connectivity index (χ1) is 4.33. The first-order valence-electron chi connectivity index (χ1n) is 2.75. The molecule has 4 heteroatoms. The molecule has 3 nitrogen and oxygen atoms in total. The molecule has 0 atom stereocenters. The maximum atomic E-state index is 11.6. The maximum absolute atomic E-state index is 11.6. The van der Waals surface area contributed by atoms with E-state index in [4.69, 9.17) is 0 Å². The van der Waals surface area contributed by atoms with Crippen LogP contribution in [0.4, 0.5) is 4.39 Å². The molecule has 1 aromatic rings. The zero-order chi connectivity index (χ0) is 6.69. The summed E-state index contributed by atoms with van der Waals surface area (Å²) in [5.74, 6) is 0.684. The minimum atomic E-state index is -0.386. The molecule has 50 valence electrons. The second-order valence-electron chi connectivity index (χ2n) is 1.74. The number of hydrogen-bond donors (Lipinski definition) is 0. The molecular weight excluding hydrogens is 121 g/mol. The van der Waals surface area contributed by atoms with E-state index in [0.717, 1.165) is 0 Å². The summed E-state index contributed by atoms with van der Waals surface area (Å²) in [7, 11) is 0. The van der Waals surface area contributed by atoms with E-state index < -0.39 is 0 Å². The average Bonchev–Trinajstić information content (AvgIpc) is 2.17. The molecule has 0 fully saturated rings. The lowest BCUT2D eigenvalue weighted by Crippen LogP contribution is -1.99. The first-order valence-corrected chi connectivity index (χ1v) is 2.75. The Labute approximate surface area is 52.5 Å². The van der Waals surface area contributed by atoms with E-state index in [1.165, 1.54) is 11.0 Å². The van der Waals surface area contributed by atoms with Gasteiger partial charge in [0.25, 0.3) is 0 Å². The van der Waals surface area contributed by atoms with Crippen LogP contribution < -0.4 is 0 Å². The van der Waals surface area contributed by atoms with E-state index >= 15 is 0 Å². The monoisotopic (exact) mass is 129 g/mol. The van der Waals surface area contributed by atoms with Gasteiger partial charge in [-0.2, -0.15) is 5.10 Å². The molecule has 0 radical (unpaired) electrons. The lowest BCUT2D eigenvalue weighted by atomic mass is 10.7. The Morgan fingerprint density at radius 3 is 3.00 bits per heavy atom. The van der Waals surface area contributed by atoms with E-state index in [2.05, 4.69) is 10.1 Å². The lowest BCUT2D eigenvalue weighted by molar-refractivity contribution is 0.426. The summed E-state index contributed by atoms with van der Waals surface area (Å²) in [6, 6.07) is 0. The van der Waals surface area contributed by atoms with Crippen LogP contribution in [0.25, 0.3) is 0 Å². The predicted molar refractivity (Wildman–Crippen MR) is 30.7 cm³/mol. The summed E-state index contributed by atoms with van der Waals surface area (Å²) in [6.07, 6.45) is 1.52. The number of halogens is 1. The van der Waals surface area contributed by atoms with Gasteiger partial charge in [-0.05, 0) is 6.92 Å². The molecule has 0 spiro atoms. The molecule has 0 aliphatic heterocycles. The molecule has 9 heavy (non-hydrogen) atoms. The third kappa shape index (κ3) is 1.48. The predicted octanol–water partition coefficient (Wildman–Crippen LogP) is 0.556. The van der Waals surface area contributed by atoms with Crippen molar-refractivity contribution in [3.8, 4) is 0 Å². The number of alkyl halides is 1. The summed E-state index contributed by atoms with van der Waals surface area (Å²) < 4.78 is 13.1. The molecule has 0 aliphatic carbocycles. The summed E-state index contributed by atoms with van der Waals surface area (Å²) in [4.78, 5) is 3.82. The van der Waals surface area contributed by atoms with Crippen LogP contribution in [0.5, 0.6) is 0 Å². The van der Waals surface area contributed by atoms with Gasteiger partial charge in [0.15, 0.2) is 0 Å². The van der Waals surface area contributed by atoms with Crippen LogP contribution in [0.15, 0.2) is 6.33 Å². The van der Waals surface area contributed by atoms with Gasteiger partial charge in [0.05, 0.1) is 6.54 Å². The van der Waals surface area contributed by atoms with Gasteiger partial charge in [-0.1, -0.05) is 0 Å². The molecule has 0 saturated carbocycles. The van der Waals surface area contributed by atoms with Crippen molar-refractivity contribution in [3.05, 3.63) is 12.2 Å². The molecule has 0 saturated heterocycles. The molecule has 1 aromatic heterocycles. The third-order valence-electron chi connectivity index (χ3n) is 0.965. The van der Waals surface area contributed by atoms with E-state index in [-0.39, 0.29) is 6.67 Å². The summed E-state index contributed by atoms with van der Waals surface area (Å²) >= 11 is 0. The lowest BCUT2D eigenvalue weighted by Gasteiger charge is -1.90. The quantitative estimate of drug-likeness (QED) is 0.584. The fourth-order valence-electron chi connectivity index (χ4n) is 0.582. The van der Waals surface area contributed by atoms with Crippen LogP contribution in [0.1, 0.15) is 5.82 Å². The topological polar surface area (TPSA) is 30.7 Å². The van der Waals surface area contributed by atoms with Gasteiger partial charge in [0, 0.05) is 0 Å². The highest BCUT2D eigenvalue weighted by Gasteiger charge is 1.91. The van der Waals surface area contributed by atoms with Crippen LogP contribution in [-0.2, 0) is 6.54 Å². The summed E-state index contributed by atoms with van der Waals surface area (Å²) in [5.41, 5.74) is 0. The Bertz CT molecular complexity index is 184. The third-order valence-corrected chi connectivity index (χ3v) is 0.965. The van der Waals surface area contributed by atoms with Crippen molar-refractivity contribution in [2.75, 3.05) is 6.67 Å². The van der Waals surface area contributed by atoms with Gasteiger partial charge in [-0.25, -0.2) is 9.37 Å². The SMILES string of the molecule is Cc1ncn(CCF)n1. The highest BCUT2D eigenvalue weighted by atomic mass is 19.1. The number of rotatable bonds is 2. The van der Waals surface area contributed by atoms with Gasteiger partial charge < -0.3 is 0 Å². The van der Waals surface area contributed by atoms with Gasteiger partial charge >= 0.3 is 0 Å². The maximum Gasteiger partial charge on any atom is 0.147 e. The summed E-state index contributed by atoms with van der Waals surface area (Å²) in [6.45, 7) is 1.69. The summed E-state index contributed by atoms with van der Waals surface area (Å²) in [5, 5.41) is 3.87. The molecule has 0 unspecified atom stereocenters. The molecule has 0 amide bonds. The van der Waals surface area contributed by atoms with Crippen molar-refractivity contribution >= 4 is 0 Å². The Morgan fingerprint density at radius 2 is 2.56 bits per heavy atom. The van der Waals surface area contributed by atoms with Gasteiger partial charge in [0.2, 0.25) is 0 Å². The molecule has 0 bridgehead atoms. The zero-order valence-electron chi connectivity index (χ0n) is 5.21. The van der Waals surface area contributed by atoms with Crippen molar-refractivity contribution < 1.29 is 4.39 Å². The number of hydrogen-bond acceptors (Lipinski definition) is 2. The Morgan fingerprint density at radius 1 is 1.78 bits per heavy atom. The minimum absolute atomic E-state index is 0.306. The molecule has 0 aromatic carbocycles. The minimum Gasteiger partial charge on any atom is -0.250 e. The largest absolute Gasteiger partial charge is 0.250 e. The number of aromatic nitrogens is 3. The first kappa shape index (κ1) is 6.19. The highest BCUT2D eigenvalue weighted by Crippen LogP contribution is 1.85. The van der Waals surface area contributed by atoms with E-state index in [9.17, 15) is 4.39 Å².